The van der Waals surface area contributed by atoms with E-state index in [0.29, 0.717) is 12.1 Å². The molecule has 1 aliphatic heterocycles. The summed E-state index contributed by atoms with van der Waals surface area (Å²) in [6.07, 6.45) is -3.87. The zero-order chi connectivity index (χ0) is 18.6. The van der Waals surface area contributed by atoms with Crippen molar-refractivity contribution in [3.63, 3.8) is 0 Å². The Hall–Kier alpha value is -2.38. The molecule has 1 aromatic carbocycles. The zero-order valence-electron chi connectivity index (χ0n) is 11.9. The highest BCUT2D eigenvalue weighted by molar-refractivity contribution is 7.91. The van der Waals surface area contributed by atoms with E-state index < -0.39 is 47.3 Å². The highest BCUT2D eigenvalue weighted by atomic mass is 32.2. The van der Waals surface area contributed by atoms with Gasteiger partial charge in [-0.25, -0.2) is 13.6 Å². The molecule has 0 atom stereocenters. The highest BCUT2D eigenvalue weighted by Crippen LogP contribution is 2.40. The topological polar surface area (TPSA) is 132 Å². The number of halogens is 3. The summed E-state index contributed by atoms with van der Waals surface area (Å²) in [5, 5.41) is 7.17. The maximum Gasteiger partial charge on any atom is 0.417 e. The van der Waals surface area contributed by atoms with Gasteiger partial charge in [-0.15, -0.1) is 4.40 Å². The molecule has 0 saturated heterocycles. The minimum atomic E-state index is -5.08. The van der Waals surface area contributed by atoms with Gasteiger partial charge in [-0.3, -0.25) is 0 Å². The minimum Gasteiger partial charge on any atom is -0.461 e. The molecule has 0 saturated carbocycles. The average molecular weight is 395 g/mol. The van der Waals surface area contributed by atoms with Crippen molar-refractivity contribution in [2.24, 2.45) is 9.54 Å². The Labute approximate surface area is 139 Å². The van der Waals surface area contributed by atoms with E-state index in [1.807, 2.05) is 0 Å². The summed E-state index contributed by atoms with van der Waals surface area (Å²) in [5.74, 6) is -0.368. The van der Waals surface area contributed by atoms with E-state index in [4.69, 9.17) is 9.56 Å². The Morgan fingerprint density at radius 3 is 2.44 bits per heavy atom. The SMILES string of the molecule is NS(=O)(=O)c1cc2c(cc1C(F)(F)F)NC(c1ccco1)=NS2(=O)=O. The number of anilines is 1. The van der Waals surface area contributed by atoms with Gasteiger partial charge in [-0.05, 0) is 24.3 Å². The highest BCUT2D eigenvalue weighted by Gasteiger charge is 2.40. The fourth-order valence-corrected chi connectivity index (χ4v) is 4.14. The molecule has 0 radical (unpaired) electrons. The number of nitrogens with one attached hydrogen (secondary N) is 1. The van der Waals surface area contributed by atoms with Gasteiger partial charge in [0.25, 0.3) is 10.0 Å². The summed E-state index contributed by atoms with van der Waals surface area (Å²) in [7, 11) is -9.32. The lowest BCUT2D eigenvalue weighted by molar-refractivity contribution is -0.139. The van der Waals surface area contributed by atoms with Crippen LogP contribution in [0, 0.1) is 0 Å². The molecular weight excluding hydrogens is 387 g/mol. The van der Waals surface area contributed by atoms with E-state index in [2.05, 4.69) is 9.71 Å². The molecule has 25 heavy (non-hydrogen) atoms. The number of hydrogen-bond acceptors (Lipinski definition) is 6. The molecule has 1 aliphatic rings. The number of nitrogens with zero attached hydrogens (tertiary/aromatic N) is 1. The Balaban J connectivity index is 2.29. The maximum absolute atomic E-state index is 13.2. The lowest BCUT2D eigenvalue weighted by Gasteiger charge is -2.20. The van der Waals surface area contributed by atoms with Crippen molar-refractivity contribution >= 4 is 31.6 Å². The van der Waals surface area contributed by atoms with Crippen molar-refractivity contribution < 1.29 is 34.4 Å². The van der Waals surface area contributed by atoms with Crippen molar-refractivity contribution in [2.75, 3.05) is 5.32 Å². The van der Waals surface area contributed by atoms with E-state index in [1.165, 1.54) is 18.4 Å². The molecule has 2 aromatic rings. The smallest absolute Gasteiger partial charge is 0.417 e. The van der Waals surface area contributed by atoms with E-state index in [9.17, 15) is 30.0 Å². The fraction of sp³-hybridized carbons (Fsp3) is 0.0833. The number of amidine groups is 1. The van der Waals surface area contributed by atoms with Crippen molar-refractivity contribution in [3.05, 3.63) is 41.9 Å². The van der Waals surface area contributed by atoms with Gasteiger partial charge in [0.1, 0.15) is 4.90 Å². The van der Waals surface area contributed by atoms with Gasteiger partial charge >= 0.3 is 6.18 Å². The third kappa shape index (κ3) is 3.12. The molecular formula is C12H8F3N3O5S2. The van der Waals surface area contributed by atoms with Gasteiger partial charge in [0, 0.05) is 0 Å². The van der Waals surface area contributed by atoms with Crippen LogP contribution in [0.1, 0.15) is 11.3 Å². The van der Waals surface area contributed by atoms with Crippen molar-refractivity contribution in [2.45, 2.75) is 16.0 Å². The van der Waals surface area contributed by atoms with Crippen molar-refractivity contribution in [3.8, 4) is 0 Å². The second-order valence-electron chi connectivity index (χ2n) is 4.90. The summed E-state index contributed by atoms with van der Waals surface area (Å²) in [4.78, 5) is -2.11. The van der Waals surface area contributed by atoms with Gasteiger partial charge in [0.05, 0.1) is 22.4 Å². The average Bonchev–Trinajstić information content (AvgIpc) is 2.97. The maximum atomic E-state index is 13.2. The summed E-state index contributed by atoms with van der Waals surface area (Å²) < 4.78 is 95.2. The summed E-state index contributed by atoms with van der Waals surface area (Å²) in [6, 6.07) is 3.45. The number of primary sulfonamides is 1. The second-order valence-corrected chi connectivity index (χ2v) is 8.01. The Morgan fingerprint density at radius 1 is 1.24 bits per heavy atom. The summed E-state index contributed by atoms with van der Waals surface area (Å²) >= 11 is 0. The van der Waals surface area contributed by atoms with Crippen LogP contribution in [-0.2, 0) is 26.2 Å². The molecule has 0 amide bonds. The molecule has 13 heteroatoms. The molecule has 0 spiro atoms. The zero-order valence-corrected chi connectivity index (χ0v) is 13.5. The first-order valence-electron chi connectivity index (χ1n) is 6.33. The number of benzene rings is 1. The fourth-order valence-electron chi connectivity index (χ4n) is 2.17. The van der Waals surface area contributed by atoms with Gasteiger partial charge in [0.2, 0.25) is 10.0 Å². The standard InChI is InChI=1S/C12H8F3N3O5S2/c13-12(14,15)6-4-7-10(5-9(6)24(16,19)20)25(21,22)18-11(17-7)8-2-1-3-23-8/h1-5H,(H,17,18)(H2,16,19,20). The quantitative estimate of drug-likeness (QED) is 0.792. The molecule has 134 valence electrons. The number of fused-ring (bicyclic) bond motifs is 1. The molecule has 3 rings (SSSR count). The first kappa shape index (κ1) is 17.4. The number of sulfonamides is 2. The molecule has 0 fully saturated rings. The Bertz CT molecular complexity index is 1090. The Morgan fingerprint density at radius 2 is 1.92 bits per heavy atom. The first-order chi connectivity index (χ1) is 11.4. The lowest BCUT2D eigenvalue weighted by atomic mass is 10.2. The monoisotopic (exact) mass is 395 g/mol. The van der Waals surface area contributed by atoms with Crippen LogP contribution in [0.2, 0.25) is 0 Å². The predicted octanol–water partition coefficient (Wildman–Crippen LogP) is 1.51. The number of furan rings is 1. The van der Waals surface area contributed by atoms with Crippen LogP contribution in [-0.4, -0.2) is 22.7 Å². The number of hydrogen-bond donors (Lipinski definition) is 2. The number of nitrogens with two attached hydrogens (primary N) is 1. The van der Waals surface area contributed by atoms with Crippen molar-refractivity contribution in [1.82, 2.24) is 0 Å². The number of rotatable bonds is 2. The van der Waals surface area contributed by atoms with Gasteiger partial charge < -0.3 is 9.73 Å². The van der Waals surface area contributed by atoms with Gasteiger partial charge in [-0.1, -0.05) is 0 Å². The van der Waals surface area contributed by atoms with Gasteiger partial charge in [-0.2, -0.15) is 21.6 Å². The van der Waals surface area contributed by atoms with E-state index in [0.717, 1.165) is 0 Å². The largest absolute Gasteiger partial charge is 0.461 e. The molecule has 0 aliphatic carbocycles. The third-order valence-electron chi connectivity index (χ3n) is 3.19. The van der Waals surface area contributed by atoms with Crippen molar-refractivity contribution in [1.29, 1.82) is 0 Å². The van der Waals surface area contributed by atoms with Crippen LogP contribution < -0.4 is 10.5 Å². The minimum absolute atomic E-state index is 0.0293. The normalized spacial score (nSPS) is 16.7. The van der Waals surface area contributed by atoms with Crippen LogP contribution >= 0.6 is 0 Å². The molecule has 0 bridgehead atoms. The van der Waals surface area contributed by atoms with E-state index in [-0.39, 0.29) is 11.6 Å². The lowest BCUT2D eigenvalue weighted by Crippen LogP contribution is -2.25. The first-order valence-corrected chi connectivity index (χ1v) is 9.32. The van der Waals surface area contributed by atoms with Crippen LogP contribution in [0.5, 0.6) is 0 Å². The van der Waals surface area contributed by atoms with Crippen LogP contribution in [0.3, 0.4) is 0 Å². The van der Waals surface area contributed by atoms with Crippen LogP contribution in [0.4, 0.5) is 18.9 Å². The molecule has 0 unspecified atom stereocenters. The molecule has 8 nitrogen and oxygen atoms in total. The summed E-state index contributed by atoms with van der Waals surface area (Å²) in [6.45, 7) is 0. The Kier molecular flexibility index (Phi) is 3.70. The van der Waals surface area contributed by atoms with E-state index in [1.54, 1.807) is 0 Å². The third-order valence-corrected chi connectivity index (χ3v) is 5.46. The predicted molar refractivity (Wildman–Crippen MR) is 78.9 cm³/mol. The second kappa shape index (κ2) is 5.31. The summed E-state index contributed by atoms with van der Waals surface area (Å²) in [5.41, 5.74) is -2.10. The molecule has 2 heterocycles. The van der Waals surface area contributed by atoms with Crippen LogP contribution in [0.25, 0.3) is 0 Å². The van der Waals surface area contributed by atoms with Crippen LogP contribution in [0.15, 0.2) is 49.1 Å². The molecule has 1 aromatic heterocycles. The van der Waals surface area contributed by atoms with Gasteiger partial charge in [0.15, 0.2) is 11.6 Å². The van der Waals surface area contributed by atoms with E-state index >= 15 is 0 Å². The number of alkyl halides is 3. The molecule has 3 N–H and O–H groups in total.